The van der Waals surface area contributed by atoms with E-state index in [9.17, 15) is 5.11 Å². The van der Waals surface area contributed by atoms with Crippen LogP contribution in [0.15, 0.2) is 36.6 Å². The molecule has 156 valence electrons. The smallest absolute Gasteiger partial charge is 0.154 e. The van der Waals surface area contributed by atoms with E-state index in [0.717, 1.165) is 41.4 Å². The van der Waals surface area contributed by atoms with Gasteiger partial charge in [-0.1, -0.05) is 51.8 Å². The van der Waals surface area contributed by atoms with Crippen LogP contribution in [0.2, 0.25) is 0 Å². The third-order valence-corrected chi connectivity index (χ3v) is 4.16. The predicted octanol–water partition coefficient (Wildman–Crippen LogP) is 4.83. The molecular weight excluding hydrogens is 350 g/mol. The van der Waals surface area contributed by atoms with Gasteiger partial charge in [0.1, 0.15) is 0 Å². The summed E-state index contributed by atoms with van der Waals surface area (Å²) in [6.45, 7) is 9.78. The third kappa shape index (κ3) is 8.36. The van der Waals surface area contributed by atoms with Crippen LogP contribution in [0, 0.1) is 5.92 Å². The number of nitrogens with zero attached hydrogens (tertiary/aromatic N) is 3. The summed E-state index contributed by atoms with van der Waals surface area (Å²) >= 11 is 0. The van der Waals surface area contributed by atoms with Crippen molar-refractivity contribution in [2.75, 3.05) is 6.61 Å². The largest absolute Gasteiger partial charge is 0.397 e. The molecule has 2 aromatic heterocycles. The molecule has 2 heterocycles. The number of allylic oxidation sites excluding steroid dienone is 3. The second kappa shape index (κ2) is 13.2. The number of hydrogen-bond acceptors (Lipinski definition) is 4. The van der Waals surface area contributed by atoms with E-state index < -0.39 is 6.10 Å². The monoisotopic (exact) mass is 387 g/mol. The first-order valence-corrected chi connectivity index (χ1v) is 10.6. The molecule has 0 amide bonds. The molecule has 5 nitrogen and oxygen atoms in total. The van der Waals surface area contributed by atoms with Crippen molar-refractivity contribution in [2.45, 2.75) is 72.8 Å². The van der Waals surface area contributed by atoms with Crippen LogP contribution in [0.5, 0.6) is 0 Å². The van der Waals surface area contributed by atoms with Gasteiger partial charge in [-0.15, -0.1) is 0 Å². The molecule has 0 aromatic carbocycles. The fourth-order valence-electron chi connectivity index (χ4n) is 2.67. The molecule has 2 N–H and O–H groups in total. The molecule has 1 fully saturated rings. The lowest BCUT2D eigenvalue weighted by molar-refractivity contribution is 0.244. The van der Waals surface area contributed by atoms with Crippen LogP contribution in [0.1, 0.15) is 71.7 Å². The van der Waals surface area contributed by atoms with Gasteiger partial charge in [-0.2, -0.15) is 5.10 Å². The predicted molar refractivity (Wildman–Crippen MR) is 117 cm³/mol. The van der Waals surface area contributed by atoms with Crippen LogP contribution in [0.3, 0.4) is 0 Å². The Morgan fingerprint density at radius 3 is 2.54 bits per heavy atom. The normalized spacial score (nSPS) is 15.0. The van der Waals surface area contributed by atoms with Crippen molar-refractivity contribution in [3.8, 4) is 0 Å². The minimum Gasteiger partial charge on any atom is -0.397 e. The second-order valence-corrected chi connectivity index (χ2v) is 6.72. The quantitative estimate of drug-likeness (QED) is 0.668. The highest BCUT2D eigenvalue weighted by Gasteiger charge is 2.20. The first-order valence-electron chi connectivity index (χ1n) is 10.6. The molecular formula is C23H37N3O2. The molecule has 1 unspecified atom stereocenters. The molecule has 0 radical (unpaired) electrons. The van der Waals surface area contributed by atoms with Crippen LogP contribution in [-0.2, 0) is 6.42 Å². The van der Waals surface area contributed by atoms with Gasteiger partial charge in [0.05, 0.1) is 23.7 Å². The van der Waals surface area contributed by atoms with Gasteiger partial charge in [0.15, 0.2) is 5.65 Å². The summed E-state index contributed by atoms with van der Waals surface area (Å²) < 4.78 is 1.87. The number of imidazole rings is 1. The van der Waals surface area contributed by atoms with Gasteiger partial charge in [0, 0.05) is 6.61 Å². The van der Waals surface area contributed by atoms with Crippen molar-refractivity contribution in [3.63, 3.8) is 0 Å². The Morgan fingerprint density at radius 2 is 1.96 bits per heavy atom. The topological polar surface area (TPSA) is 70.7 Å². The average molecular weight is 388 g/mol. The molecule has 1 saturated carbocycles. The van der Waals surface area contributed by atoms with E-state index >= 15 is 0 Å². The van der Waals surface area contributed by atoms with Gasteiger partial charge in [-0.3, -0.25) is 0 Å². The van der Waals surface area contributed by atoms with Crippen molar-refractivity contribution in [3.05, 3.63) is 47.9 Å². The zero-order valence-electron chi connectivity index (χ0n) is 18.1. The van der Waals surface area contributed by atoms with E-state index in [1.807, 2.05) is 36.7 Å². The summed E-state index contributed by atoms with van der Waals surface area (Å²) in [4.78, 5) is 4.66. The zero-order chi connectivity index (χ0) is 20.9. The van der Waals surface area contributed by atoms with Gasteiger partial charge in [-0.05, 0) is 56.7 Å². The molecule has 28 heavy (non-hydrogen) atoms. The molecule has 1 aliphatic carbocycles. The summed E-state index contributed by atoms with van der Waals surface area (Å²) in [6.07, 6.45) is 13.3. The van der Waals surface area contributed by atoms with E-state index in [1.165, 1.54) is 19.3 Å². The van der Waals surface area contributed by atoms with E-state index in [1.54, 1.807) is 19.9 Å². The lowest BCUT2D eigenvalue weighted by atomic mass is 10.1. The first-order chi connectivity index (χ1) is 13.6. The molecule has 0 saturated heterocycles. The number of aliphatic hydroxyl groups excluding tert-OH is 2. The molecule has 5 heteroatoms. The van der Waals surface area contributed by atoms with Crippen LogP contribution >= 0.6 is 0 Å². The number of aryl methyl sites for hydroxylation is 1. The van der Waals surface area contributed by atoms with Crippen LogP contribution in [0.4, 0.5) is 0 Å². The maximum Gasteiger partial charge on any atom is 0.154 e. The number of fused-ring (bicyclic) bond motifs is 1. The number of aromatic nitrogens is 3. The molecule has 2 aromatic rings. The summed E-state index contributed by atoms with van der Waals surface area (Å²) in [6, 6.07) is 4.13. The molecule has 0 bridgehead atoms. The third-order valence-electron chi connectivity index (χ3n) is 4.16. The number of rotatable bonds is 7. The minimum absolute atomic E-state index is 0.250. The van der Waals surface area contributed by atoms with Gasteiger partial charge < -0.3 is 10.2 Å². The molecule has 1 aliphatic rings. The number of aliphatic hydroxyl groups is 2. The summed E-state index contributed by atoms with van der Waals surface area (Å²) in [5, 5.41) is 21.7. The van der Waals surface area contributed by atoms with E-state index in [2.05, 4.69) is 29.1 Å². The maximum atomic E-state index is 9.45. The van der Waals surface area contributed by atoms with E-state index in [0.29, 0.717) is 0 Å². The van der Waals surface area contributed by atoms with Crippen LogP contribution in [-0.4, -0.2) is 37.5 Å². The lowest BCUT2D eigenvalue weighted by Crippen LogP contribution is -1.97. The summed E-state index contributed by atoms with van der Waals surface area (Å²) in [5.41, 5.74) is 3.92. The second-order valence-electron chi connectivity index (χ2n) is 6.72. The van der Waals surface area contributed by atoms with Crippen molar-refractivity contribution >= 4 is 11.2 Å². The van der Waals surface area contributed by atoms with E-state index in [-0.39, 0.29) is 6.61 Å². The van der Waals surface area contributed by atoms with Crippen LogP contribution < -0.4 is 0 Å². The summed E-state index contributed by atoms with van der Waals surface area (Å²) in [5.74, 6) is 0.926. The van der Waals surface area contributed by atoms with Crippen molar-refractivity contribution < 1.29 is 10.2 Å². The summed E-state index contributed by atoms with van der Waals surface area (Å²) in [7, 11) is 0. The highest BCUT2D eigenvalue weighted by molar-refractivity contribution is 5.72. The highest BCUT2D eigenvalue weighted by Crippen LogP contribution is 2.33. The van der Waals surface area contributed by atoms with Gasteiger partial charge >= 0.3 is 0 Å². The Bertz CT molecular complexity index is 743. The molecule has 3 rings (SSSR count). The zero-order valence-corrected chi connectivity index (χ0v) is 18.1. The van der Waals surface area contributed by atoms with Crippen LogP contribution in [0.25, 0.3) is 11.2 Å². The fraction of sp³-hybridized carbons (Fsp3) is 0.565. The van der Waals surface area contributed by atoms with E-state index in [4.69, 9.17) is 5.11 Å². The Labute approximate surface area is 169 Å². The van der Waals surface area contributed by atoms with Gasteiger partial charge in [0.25, 0.3) is 0 Å². The highest BCUT2D eigenvalue weighted by atomic mass is 16.3. The number of hydrogen-bond donors (Lipinski definition) is 2. The average Bonchev–Trinajstić information content (AvgIpc) is 3.42. The van der Waals surface area contributed by atoms with Crippen molar-refractivity contribution in [1.29, 1.82) is 0 Å². The Hall–Kier alpha value is -1.98. The maximum absolute atomic E-state index is 9.45. The van der Waals surface area contributed by atoms with Gasteiger partial charge in [0.2, 0.25) is 0 Å². The molecule has 0 aliphatic heterocycles. The lowest BCUT2D eigenvalue weighted by Gasteiger charge is -1.99. The molecule has 0 spiro atoms. The van der Waals surface area contributed by atoms with Crippen molar-refractivity contribution in [2.24, 2.45) is 5.92 Å². The fourth-order valence-corrected chi connectivity index (χ4v) is 2.67. The first kappa shape index (κ1) is 24.1. The minimum atomic E-state index is -0.459. The van der Waals surface area contributed by atoms with Gasteiger partial charge in [-0.25, -0.2) is 9.50 Å². The Morgan fingerprint density at radius 1 is 1.29 bits per heavy atom. The Kier molecular flexibility index (Phi) is 11.4. The van der Waals surface area contributed by atoms with Crippen molar-refractivity contribution in [1.82, 2.24) is 14.6 Å². The SMILES string of the molecule is CC.CC/C=C(\C=C/C(C)O)c1cn2nc(CCC3CC3)ccc2n1.CCO. The standard InChI is InChI=1S/C19H25N3O.C2H6O.C2H6/c1-3-4-16(9-5-14(2)23)18-13-22-19(20-18)12-11-17(21-22)10-8-15-6-7-15;1-2-3;1-2/h4-5,9,11-15,23H,3,6-8,10H2,1-2H3;3H,2H2,1H3;1-2H3/b9-5-,16-4+;;. The Balaban J connectivity index is 0.000000717. The molecule has 1 atom stereocenters.